The van der Waals surface area contributed by atoms with Crippen LogP contribution in [0.1, 0.15) is 15.9 Å². The first kappa shape index (κ1) is 18.3. The molecule has 1 N–H and O–H groups in total. The molecule has 0 bridgehead atoms. The third kappa shape index (κ3) is 3.85. The molecule has 0 unspecified atom stereocenters. The molecule has 0 saturated heterocycles. The Bertz CT molecular complexity index is 1110. The second kappa shape index (κ2) is 7.38. The van der Waals surface area contributed by atoms with Gasteiger partial charge in [-0.25, -0.2) is 8.42 Å². The zero-order valence-corrected chi connectivity index (χ0v) is 14.7. The molecule has 0 radical (unpaired) electrons. The van der Waals surface area contributed by atoms with Gasteiger partial charge >= 0.3 is 0 Å². The number of nitro benzene ring substituents is 1. The molecule has 0 fully saturated rings. The molecule has 0 aromatic heterocycles. The van der Waals surface area contributed by atoms with Crippen molar-refractivity contribution < 1.29 is 18.1 Å². The predicted octanol–water partition coefficient (Wildman–Crippen LogP) is 3.63. The first-order valence-electron chi connectivity index (χ1n) is 7.85. The van der Waals surface area contributed by atoms with E-state index in [1.54, 1.807) is 42.5 Å². The summed E-state index contributed by atoms with van der Waals surface area (Å²) in [4.78, 5) is 22.6. The highest BCUT2D eigenvalue weighted by atomic mass is 32.2. The van der Waals surface area contributed by atoms with Gasteiger partial charge in [0.15, 0.2) is 10.7 Å². The smallest absolute Gasteiger partial charge is 0.289 e. The molecule has 0 aliphatic carbocycles. The highest BCUT2D eigenvalue weighted by molar-refractivity contribution is 7.92. The minimum atomic E-state index is -4.27. The van der Waals surface area contributed by atoms with Crippen LogP contribution >= 0.6 is 0 Å². The van der Waals surface area contributed by atoms with Crippen LogP contribution in [0.15, 0.2) is 83.8 Å². The summed E-state index contributed by atoms with van der Waals surface area (Å²) in [5.74, 6) is -0.364. The highest BCUT2D eigenvalue weighted by Crippen LogP contribution is 2.27. The van der Waals surface area contributed by atoms with Crippen LogP contribution in [0.3, 0.4) is 0 Å². The Kier molecular flexibility index (Phi) is 5.00. The van der Waals surface area contributed by atoms with E-state index in [-0.39, 0.29) is 17.0 Å². The highest BCUT2D eigenvalue weighted by Gasteiger charge is 2.26. The summed E-state index contributed by atoms with van der Waals surface area (Å²) in [5.41, 5.74) is 0.0436. The van der Waals surface area contributed by atoms with E-state index in [0.717, 1.165) is 12.1 Å². The van der Waals surface area contributed by atoms with Gasteiger partial charge in [0.2, 0.25) is 0 Å². The quantitative estimate of drug-likeness (QED) is 0.398. The van der Waals surface area contributed by atoms with Crippen molar-refractivity contribution in [1.29, 1.82) is 0 Å². The second-order valence-electron chi connectivity index (χ2n) is 5.57. The third-order valence-electron chi connectivity index (χ3n) is 3.80. The van der Waals surface area contributed by atoms with E-state index in [1.807, 2.05) is 0 Å². The molecule has 136 valence electrons. The lowest BCUT2D eigenvalue weighted by atomic mass is 10.0. The number of nitrogens with zero attached hydrogens (tertiary/aromatic N) is 1. The van der Waals surface area contributed by atoms with E-state index in [0.29, 0.717) is 5.56 Å². The second-order valence-corrected chi connectivity index (χ2v) is 7.22. The minimum absolute atomic E-state index is 0.0458. The molecule has 0 atom stereocenters. The maximum atomic E-state index is 12.7. The Labute approximate surface area is 155 Å². The number of ketones is 1. The monoisotopic (exact) mass is 382 g/mol. The summed E-state index contributed by atoms with van der Waals surface area (Å²) in [6.07, 6.45) is 0. The summed E-state index contributed by atoms with van der Waals surface area (Å²) in [6.45, 7) is 0. The number of benzene rings is 3. The standard InChI is InChI=1S/C19H14N2O5S/c22-19(14-8-2-1-3-9-14)15-10-4-5-11-16(15)20-27(25,26)18-13-7-6-12-17(18)21(23)24/h1-13,20H. The molecule has 0 saturated carbocycles. The number of sulfonamides is 1. The van der Waals surface area contributed by atoms with E-state index in [2.05, 4.69) is 4.72 Å². The van der Waals surface area contributed by atoms with Gasteiger partial charge in [-0.2, -0.15) is 0 Å². The van der Waals surface area contributed by atoms with Gasteiger partial charge in [-0.05, 0) is 18.2 Å². The summed E-state index contributed by atoms with van der Waals surface area (Å²) < 4.78 is 27.7. The molecule has 27 heavy (non-hydrogen) atoms. The van der Waals surface area contributed by atoms with E-state index >= 15 is 0 Å². The number of nitrogens with one attached hydrogen (secondary N) is 1. The fourth-order valence-electron chi connectivity index (χ4n) is 2.55. The molecule has 8 heteroatoms. The fourth-order valence-corrected chi connectivity index (χ4v) is 3.80. The van der Waals surface area contributed by atoms with Gasteiger partial charge in [-0.15, -0.1) is 0 Å². The van der Waals surface area contributed by atoms with Crippen molar-refractivity contribution in [2.75, 3.05) is 4.72 Å². The molecular weight excluding hydrogens is 368 g/mol. The molecule has 0 aliphatic heterocycles. The molecule has 7 nitrogen and oxygen atoms in total. The lowest BCUT2D eigenvalue weighted by molar-refractivity contribution is -0.387. The zero-order valence-electron chi connectivity index (χ0n) is 13.9. The summed E-state index contributed by atoms with van der Waals surface area (Å²) in [7, 11) is -4.27. The summed E-state index contributed by atoms with van der Waals surface area (Å²) in [5, 5.41) is 11.1. The summed E-state index contributed by atoms with van der Waals surface area (Å²) in [6, 6.07) is 19.5. The zero-order chi connectivity index (χ0) is 19.4. The molecular formula is C19H14N2O5S. The van der Waals surface area contributed by atoms with Gasteiger partial charge in [-0.3, -0.25) is 19.6 Å². The van der Waals surface area contributed by atoms with Crippen LogP contribution in [-0.4, -0.2) is 19.1 Å². The Hall–Kier alpha value is -3.52. The van der Waals surface area contributed by atoms with E-state index in [4.69, 9.17) is 0 Å². The molecule has 0 aliphatic rings. The lowest BCUT2D eigenvalue weighted by Crippen LogP contribution is -2.17. The van der Waals surface area contributed by atoms with Gasteiger partial charge in [-0.1, -0.05) is 54.6 Å². The van der Waals surface area contributed by atoms with Crippen LogP contribution < -0.4 is 4.72 Å². The molecule has 3 aromatic carbocycles. The molecule has 0 amide bonds. The van der Waals surface area contributed by atoms with Crippen molar-refractivity contribution in [3.63, 3.8) is 0 Å². The minimum Gasteiger partial charge on any atom is -0.289 e. The number of hydrogen-bond donors (Lipinski definition) is 1. The van der Waals surface area contributed by atoms with Crippen LogP contribution in [0.4, 0.5) is 11.4 Å². The van der Waals surface area contributed by atoms with Gasteiger partial charge in [0.1, 0.15) is 0 Å². The van der Waals surface area contributed by atoms with Crippen LogP contribution in [0.2, 0.25) is 0 Å². The van der Waals surface area contributed by atoms with Crippen LogP contribution in [0.5, 0.6) is 0 Å². The Morgan fingerprint density at radius 2 is 1.44 bits per heavy atom. The van der Waals surface area contributed by atoms with Gasteiger partial charge in [0.25, 0.3) is 15.7 Å². The molecule has 3 aromatic rings. The van der Waals surface area contributed by atoms with Crippen molar-refractivity contribution in [3.8, 4) is 0 Å². The van der Waals surface area contributed by atoms with E-state index in [9.17, 15) is 23.3 Å². The van der Waals surface area contributed by atoms with Crippen LogP contribution in [0, 0.1) is 10.1 Å². The molecule has 0 spiro atoms. The average molecular weight is 382 g/mol. The van der Waals surface area contributed by atoms with E-state index in [1.165, 1.54) is 24.3 Å². The Morgan fingerprint density at radius 3 is 2.15 bits per heavy atom. The first-order valence-corrected chi connectivity index (χ1v) is 9.33. The number of carbonyl (C=O) groups excluding carboxylic acids is 1. The fraction of sp³-hybridized carbons (Fsp3) is 0. The number of para-hydroxylation sites is 2. The Morgan fingerprint density at radius 1 is 0.852 bits per heavy atom. The number of nitro groups is 1. The van der Waals surface area contributed by atoms with Gasteiger partial charge in [0.05, 0.1) is 10.6 Å². The summed E-state index contributed by atoms with van der Waals surface area (Å²) >= 11 is 0. The van der Waals surface area contributed by atoms with E-state index < -0.39 is 25.5 Å². The molecule has 3 rings (SSSR count). The predicted molar refractivity (Wildman–Crippen MR) is 100 cm³/mol. The number of hydrogen-bond acceptors (Lipinski definition) is 5. The van der Waals surface area contributed by atoms with Crippen molar-refractivity contribution >= 4 is 27.2 Å². The van der Waals surface area contributed by atoms with Crippen molar-refractivity contribution in [3.05, 3.63) is 100 Å². The van der Waals surface area contributed by atoms with Crippen molar-refractivity contribution in [2.24, 2.45) is 0 Å². The normalized spacial score (nSPS) is 11.0. The maximum absolute atomic E-state index is 12.7. The van der Waals surface area contributed by atoms with Crippen LogP contribution in [-0.2, 0) is 10.0 Å². The van der Waals surface area contributed by atoms with Gasteiger partial charge < -0.3 is 0 Å². The lowest BCUT2D eigenvalue weighted by Gasteiger charge is -2.12. The third-order valence-corrected chi connectivity index (χ3v) is 5.22. The first-order chi connectivity index (χ1) is 12.9. The van der Waals surface area contributed by atoms with Crippen molar-refractivity contribution in [1.82, 2.24) is 0 Å². The number of carbonyl (C=O) groups is 1. The largest absolute Gasteiger partial charge is 0.289 e. The van der Waals surface area contributed by atoms with Crippen LogP contribution in [0.25, 0.3) is 0 Å². The SMILES string of the molecule is O=C(c1ccccc1)c1ccccc1NS(=O)(=O)c1ccccc1[N+](=O)[O-]. The average Bonchev–Trinajstić information content (AvgIpc) is 2.68. The number of rotatable bonds is 6. The maximum Gasteiger partial charge on any atom is 0.289 e. The topological polar surface area (TPSA) is 106 Å². The number of anilines is 1. The molecule has 0 heterocycles. The Balaban J connectivity index is 2.02. The van der Waals surface area contributed by atoms with Crippen molar-refractivity contribution in [2.45, 2.75) is 4.90 Å². The van der Waals surface area contributed by atoms with Gasteiger partial charge in [0, 0.05) is 17.2 Å².